The highest BCUT2D eigenvalue weighted by atomic mass is 35.5. The van der Waals surface area contributed by atoms with Gasteiger partial charge in [-0.15, -0.1) is 0 Å². The van der Waals surface area contributed by atoms with Crippen LogP contribution in [-0.4, -0.2) is 38.8 Å². The molecular formula is C23H40ClN5. The van der Waals surface area contributed by atoms with Crippen LogP contribution in [0.3, 0.4) is 0 Å². The molecular weight excluding hydrogens is 382 g/mol. The van der Waals surface area contributed by atoms with E-state index >= 15 is 0 Å². The van der Waals surface area contributed by atoms with Crippen molar-refractivity contribution < 1.29 is 0 Å². The summed E-state index contributed by atoms with van der Waals surface area (Å²) in [7, 11) is 1.50. The molecule has 1 aromatic carbocycles. The SMILES string of the molecule is C=C(NCC(C)(C)NCCN(CC)c1ccc(Cl)cc1)C1=C(N)CCCC1.CN. The van der Waals surface area contributed by atoms with Gasteiger partial charge in [0.25, 0.3) is 0 Å². The zero-order valence-corrected chi connectivity index (χ0v) is 19.4. The first-order valence-electron chi connectivity index (χ1n) is 10.6. The van der Waals surface area contributed by atoms with Crippen LogP contribution in [0.5, 0.6) is 0 Å². The summed E-state index contributed by atoms with van der Waals surface area (Å²) in [5.41, 5.74) is 15.0. The molecule has 29 heavy (non-hydrogen) atoms. The van der Waals surface area contributed by atoms with Crippen molar-refractivity contribution in [2.45, 2.75) is 52.0 Å². The number of nitrogens with one attached hydrogen (secondary N) is 2. The summed E-state index contributed by atoms with van der Waals surface area (Å²) in [6, 6.07) is 8.03. The highest BCUT2D eigenvalue weighted by molar-refractivity contribution is 6.30. The van der Waals surface area contributed by atoms with E-state index in [1.165, 1.54) is 31.1 Å². The number of hydrogen-bond acceptors (Lipinski definition) is 5. The van der Waals surface area contributed by atoms with E-state index < -0.39 is 0 Å². The Morgan fingerprint density at radius 2 is 1.79 bits per heavy atom. The van der Waals surface area contributed by atoms with Gasteiger partial charge in [0, 0.05) is 53.8 Å². The summed E-state index contributed by atoms with van der Waals surface area (Å²) in [6.07, 6.45) is 4.43. The fourth-order valence-corrected chi connectivity index (χ4v) is 3.55. The van der Waals surface area contributed by atoms with E-state index in [4.69, 9.17) is 17.3 Å². The summed E-state index contributed by atoms with van der Waals surface area (Å²) >= 11 is 5.99. The molecule has 0 aromatic heterocycles. The Hall–Kier alpha value is -1.69. The molecule has 0 unspecified atom stereocenters. The van der Waals surface area contributed by atoms with Gasteiger partial charge in [0.15, 0.2) is 0 Å². The maximum atomic E-state index is 6.16. The van der Waals surface area contributed by atoms with Crippen molar-refractivity contribution in [3.05, 3.63) is 52.8 Å². The Balaban J connectivity index is 0.00000204. The lowest BCUT2D eigenvalue weighted by Gasteiger charge is -2.31. The van der Waals surface area contributed by atoms with Gasteiger partial charge in [-0.25, -0.2) is 0 Å². The first kappa shape index (κ1) is 25.3. The van der Waals surface area contributed by atoms with Gasteiger partial charge in [0.05, 0.1) is 0 Å². The minimum atomic E-state index is -0.0354. The standard InChI is InChI=1S/C22H35ClN4.CH5N/c1-5-27(19-12-10-18(23)11-13-19)15-14-26-22(3,4)16-25-17(2)20-8-6-7-9-21(20)24;1-2/h10-13,25-26H,2,5-9,14-16,24H2,1,3-4H3;2H2,1H3. The summed E-state index contributed by atoms with van der Waals surface area (Å²) in [6.45, 7) is 14.4. The Kier molecular flexibility index (Phi) is 11.2. The molecule has 0 spiro atoms. The average Bonchev–Trinajstić information content (AvgIpc) is 2.72. The smallest absolute Gasteiger partial charge is 0.0407 e. The number of hydrogen-bond donors (Lipinski definition) is 4. The topological polar surface area (TPSA) is 79.3 Å². The summed E-state index contributed by atoms with van der Waals surface area (Å²) in [4.78, 5) is 2.35. The van der Waals surface area contributed by atoms with Crippen LogP contribution in [-0.2, 0) is 0 Å². The average molecular weight is 422 g/mol. The summed E-state index contributed by atoms with van der Waals surface area (Å²) in [5.74, 6) is 0. The largest absolute Gasteiger partial charge is 0.402 e. The van der Waals surface area contributed by atoms with Gasteiger partial charge in [-0.1, -0.05) is 18.2 Å². The number of benzene rings is 1. The van der Waals surface area contributed by atoms with Gasteiger partial charge in [-0.05, 0) is 83.3 Å². The first-order valence-corrected chi connectivity index (χ1v) is 10.9. The lowest BCUT2D eigenvalue weighted by atomic mass is 9.94. The second-order valence-electron chi connectivity index (χ2n) is 7.91. The monoisotopic (exact) mass is 421 g/mol. The molecule has 0 aliphatic heterocycles. The van der Waals surface area contributed by atoms with E-state index in [1.54, 1.807) is 0 Å². The van der Waals surface area contributed by atoms with Crippen LogP contribution in [0, 0.1) is 0 Å². The number of rotatable bonds is 10. The molecule has 1 aliphatic rings. The van der Waals surface area contributed by atoms with Crippen LogP contribution >= 0.6 is 11.6 Å². The van der Waals surface area contributed by atoms with E-state index in [1.807, 2.05) is 12.1 Å². The van der Waals surface area contributed by atoms with Crippen molar-refractivity contribution in [2.24, 2.45) is 11.5 Å². The first-order chi connectivity index (χ1) is 13.8. The van der Waals surface area contributed by atoms with Crippen LogP contribution in [0.15, 0.2) is 47.8 Å². The highest BCUT2D eigenvalue weighted by Gasteiger charge is 2.19. The molecule has 0 atom stereocenters. The summed E-state index contributed by atoms with van der Waals surface area (Å²) in [5, 5.41) is 7.92. The van der Waals surface area contributed by atoms with Gasteiger partial charge >= 0.3 is 0 Å². The molecule has 1 aliphatic carbocycles. The van der Waals surface area contributed by atoms with Crippen molar-refractivity contribution in [1.29, 1.82) is 0 Å². The molecule has 164 valence electrons. The van der Waals surface area contributed by atoms with E-state index in [-0.39, 0.29) is 5.54 Å². The van der Waals surface area contributed by atoms with Crippen molar-refractivity contribution in [1.82, 2.24) is 10.6 Å². The van der Waals surface area contributed by atoms with Gasteiger partial charge < -0.3 is 27.0 Å². The number of nitrogens with zero attached hydrogens (tertiary/aromatic N) is 1. The second kappa shape index (κ2) is 12.8. The molecule has 0 bridgehead atoms. The number of allylic oxidation sites excluding steroid dienone is 2. The predicted molar refractivity (Wildman–Crippen MR) is 128 cm³/mol. The predicted octanol–water partition coefficient (Wildman–Crippen LogP) is 4.00. The van der Waals surface area contributed by atoms with Gasteiger partial charge in [-0.2, -0.15) is 0 Å². The third-order valence-electron chi connectivity index (χ3n) is 5.18. The quantitative estimate of drug-likeness (QED) is 0.459. The zero-order valence-electron chi connectivity index (χ0n) is 18.7. The van der Waals surface area contributed by atoms with Gasteiger partial charge in [0.2, 0.25) is 0 Å². The number of nitrogens with two attached hydrogens (primary N) is 2. The van der Waals surface area contributed by atoms with Crippen LogP contribution in [0.25, 0.3) is 0 Å². The Morgan fingerprint density at radius 3 is 2.38 bits per heavy atom. The van der Waals surface area contributed by atoms with Crippen LogP contribution in [0.2, 0.25) is 5.02 Å². The third kappa shape index (κ3) is 8.69. The van der Waals surface area contributed by atoms with E-state index in [9.17, 15) is 0 Å². The molecule has 6 heteroatoms. The van der Waals surface area contributed by atoms with Gasteiger partial charge in [0.1, 0.15) is 0 Å². The molecule has 5 nitrogen and oxygen atoms in total. The van der Waals surface area contributed by atoms with Crippen LogP contribution < -0.4 is 27.0 Å². The fraction of sp³-hybridized carbons (Fsp3) is 0.565. The van der Waals surface area contributed by atoms with Crippen LogP contribution in [0.4, 0.5) is 5.69 Å². The molecule has 1 aromatic rings. The number of anilines is 1. The molecule has 0 radical (unpaired) electrons. The molecule has 6 N–H and O–H groups in total. The number of likely N-dealkylation sites (N-methyl/N-ethyl adjacent to an activating group) is 1. The molecule has 0 amide bonds. The highest BCUT2D eigenvalue weighted by Crippen LogP contribution is 2.25. The maximum absolute atomic E-state index is 6.16. The van der Waals surface area contributed by atoms with Crippen molar-refractivity contribution in [2.75, 3.05) is 38.1 Å². The fourth-order valence-electron chi connectivity index (χ4n) is 3.42. The Bertz CT molecular complexity index is 652. The molecule has 0 saturated heterocycles. The maximum Gasteiger partial charge on any atom is 0.0407 e. The lowest BCUT2D eigenvalue weighted by molar-refractivity contribution is 0.380. The Morgan fingerprint density at radius 1 is 1.17 bits per heavy atom. The van der Waals surface area contributed by atoms with E-state index in [0.29, 0.717) is 0 Å². The second-order valence-corrected chi connectivity index (χ2v) is 8.35. The summed E-state index contributed by atoms with van der Waals surface area (Å²) < 4.78 is 0. The third-order valence-corrected chi connectivity index (χ3v) is 5.43. The van der Waals surface area contributed by atoms with Crippen molar-refractivity contribution >= 4 is 17.3 Å². The Labute approximate surface area is 182 Å². The van der Waals surface area contributed by atoms with Gasteiger partial charge in [-0.3, -0.25) is 0 Å². The van der Waals surface area contributed by atoms with E-state index in [2.05, 4.69) is 60.8 Å². The number of halogens is 1. The molecule has 2 rings (SSSR count). The lowest BCUT2D eigenvalue weighted by Crippen LogP contribution is -2.50. The normalized spacial score (nSPS) is 14.1. The zero-order chi connectivity index (χ0) is 21.9. The van der Waals surface area contributed by atoms with Crippen LogP contribution in [0.1, 0.15) is 46.5 Å². The van der Waals surface area contributed by atoms with E-state index in [0.717, 1.165) is 55.4 Å². The molecule has 0 fully saturated rings. The van der Waals surface area contributed by atoms with Crippen molar-refractivity contribution in [3.8, 4) is 0 Å². The minimum Gasteiger partial charge on any atom is -0.402 e. The van der Waals surface area contributed by atoms with Crippen molar-refractivity contribution in [3.63, 3.8) is 0 Å². The minimum absolute atomic E-state index is 0.0354. The molecule has 0 saturated carbocycles. The molecule has 0 heterocycles.